The molecule has 1 aromatic heterocycles. The fraction of sp³-hybridized carbons (Fsp3) is 0.0980. The van der Waals surface area contributed by atoms with E-state index in [1.54, 1.807) is 0 Å². The monoisotopic (exact) mass is 710 g/mol. The van der Waals surface area contributed by atoms with Crippen LogP contribution in [0.3, 0.4) is 0 Å². The van der Waals surface area contributed by atoms with Gasteiger partial charge in [-0.3, -0.25) is 0 Å². The highest BCUT2D eigenvalue weighted by atomic mass is 32.2. The zero-order chi connectivity index (χ0) is 36.0. The molecule has 0 radical (unpaired) electrons. The van der Waals surface area contributed by atoms with Crippen molar-refractivity contribution in [3.8, 4) is 27.9 Å². The SMILES string of the molecule is CC1(C)c2ccccc2-c2ccc(N(c3ccc(-c4ccccc4-n4c5ccccc5c5ccccc54)cc3)c3cccc4c3C3=CC=CCC3S4)cc21. The van der Waals surface area contributed by atoms with Gasteiger partial charge in [0.1, 0.15) is 0 Å². The summed E-state index contributed by atoms with van der Waals surface area (Å²) in [5.74, 6) is 0. The van der Waals surface area contributed by atoms with Crippen LogP contribution in [0.25, 0.3) is 55.3 Å². The lowest BCUT2D eigenvalue weighted by Crippen LogP contribution is -2.17. The largest absolute Gasteiger partial charge is 0.310 e. The lowest BCUT2D eigenvalue weighted by Gasteiger charge is -2.30. The highest BCUT2D eigenvalue weighted by Gasteiger charge is 2.37. The molecule has 7 aromatic carbocycles. The molecule has 1 atom stereocenters. The van der Waals surface area contributed by atoms with Crippen LogP contribution in [0.15, 0.2) is 181 Å². The summed E-state index contributed by atoms with van der Waals surface area (Å²) in [5.41, 5.74) is 17.7. The van der Waals surface area contributed by atoms with E-state index in [1.165, 1.54) is 88.3 Å². The summed E-state index contributed by atoms with van der Waals surface area (Å²) in [7, 11) is 0. The molecule has 0 saturated carbocycles. The van der Waals surface area contributed by atoms with E-state index >= 15 is 0 Å². The molecule has 258 valence electrons. The molecule has 0 bridgehead atoms. The van der Waals surface area contributed by atoms with Crippen molar-refractivity contribution in [3.63, 3.8) is 0 Å². The predicted octanol–water partition coefficient (Wildman–Crippen LogP) is 14.0. The predicted molar refractivity (Wildman–Crippen MR) is 230 cm³/mol. The van der Waals surface area contributed by atoms with Crippen LogP contribution < -0.4 is 4.90 Å². The van der Waals surface area contributed by atoms with Gasteiger partial charge in [0.2, 0.25) is 0 Å². The number of nitrogens with zero attached hydrogens (tertiary/aromatic N) is 2. The molecule has 3 aliphatic rings. The summed E-state index contributed by atoms with van der Waals surface area (Å²) >= 11 is 2.01. The lowest BCUT2D eigenvalue weighted by atomic mass is 9.82. The van der Waals surface area contributed by atoms with Crippen LogP contribution in [0.5, 0.6) is 0 Å². The van der Waals surface area contributed by atoms with Gasteiger partial charge in [-0.05, 0) is 94.4 Å². The first-order valence-electron chi connectivity index (χ1n) is 19.0. The van der Waals surface area contributed by atoms with E-state index in [2.05, 4.69) is 199 Å². The summed E-state index contributed by atoms with van der Waals surface area (Å²) in [4.78, 5) is 3.87. The van der Waals surface area contributed by atoms with E-state index in [-0.39, 0.29) is 5.41 Å². The Morgan fingerprint density at radius 1 is 0.611 bits per heavy atom. The molecule has 1 unspecified atom stereocenters. The Balaban J connectivity index is 1.08. The fourth-order valence-corrected chi connectivity index (χ4v) is 10.7. The van der Waals surface area contributed by atoms with Crippen LogP contribution in [0, 0.1) is 0 Å². The minimum atomic E-state index is -0.0930. The molecule has 0 saturated heterocycles. The van der Waals surface area contributed by atoms with Crippen LogP contribution in [-0.4, -0.2) is 9.82 Å². The van der Waals surface area contributed by atoms with Gasteiger partial charge in [-0.25, -0.2) is 0 Å². The molecule has 11 rings (SSSR count). The second kappa shape index (κ2) is 12.0. The average Bonchev–Trinajstić information content (AvgIpc) is 3.84. The Morgan fingerprint density at radius 2 is 1.28 bits per heavy atom. The molecule has 0 N–H and O–H groups in total. The normalized spacial score (nSPS) is 16.2. The highest BCUT2D eigenvalue weighted by molar-refractivity contribution is 8.00. The van der Waals surface area contributed by atoms with Gasteiger partial charge in [0.15, 0.2) is 0 Å². The van der Waals surface area contributed by atoms with Gasteiger partial charge >= 0.3 is 0 Å². The van der Waals surface area contributed by atoms with Crippen molar-refractivity contribution < 1.29 is 0 Å². The van der Waals surface area contributed by atoms with Gasteiger partial charge in [0.25, 0.3) is 0 Å². The second-order valence-corrected chi connectivity index (χ2v) is 16.5. The molecular weight excluding hydrogens is 673 g/mol. The Kier molecular flexibility index (Phi) is 6.99. The quantitative estimate of drug-likeness (QED) is 0.176. The molecule has 2 aliphatic carbocycles. The Morgan fingerprint density at radius 3 is 2.07 bits per heavy atom. The molecule has 0 amide bonds. The van der Waals surface area contributed by atoms with Crippen LogP contribution in [0.4, 0.5) is 17.1 Å². The number of allylic oxidation sites excluding steroid dienone is 3. The van der Waals surface area contributed by atoms with Gasteiger partial charge in [-0.1, -0.05) is 135 Å². The maximum atomic E-state index is 2.50. The zero-order valence-corrected chi connectivity index (χ0v) is 31.1. The summed E-state index contributed by atoms with van der Waals surface area (Å²) in [6.07, 6.45) is 7.95. The first-order valence-corrected chi connectivity index (χ1v) is 19.8. The molecular formula is C51H38N2S. The average molecular weight is 711 g/mol. The van der Waals surface area contributed by atoms with E-state index in [0.29, 0.717) is 5.25 Å². The first kappa shape index (κ1) is 31.5. The van der Waals surface area contributed by atoms with Crippen molar-refractivity contribution in [3.05, 3.63) is 193 Å². The third-order valence-electron chi connectivity index (χ3n) is 11.9. The van der Waals surface area contributed by atoms with Crippen molar-refractivity contribution in [1.82, 2.24) is 4.57 Å². The van der Waals surface area contributed by atoms with Gasteiger partial charge < -0.3 is 9.47 Å². The number of fused-ring (bicyclic) bond motifs is 9. The summed E-state index contributed by atoms with van der Waals surface area (Å²) < 4.78 is 2.43. The van der Waals surface area contributed by atoms with Crippen molar-refractivity contribution in [2.24, 2.45) is 0 Å². The zero-order valence-electron chi connectivity index (χ0n) is 30.3. The number of rotatable bonds is 5. The van der Waals surface area contributed by atoms with E-state index in [4.69, 9.17) is 0 Å². The standard InChI is InChI=1S/C51H38N2S/c1-51(2)42-19-8-3-15-37(42)38-31-30-35(32-43(38)51)52(47-23-13-25-49-50(47)41-18-7-12-24-48(41)54-49)34-28-26-33(27-29-34)36-14-4-9-20-44(36)53-45-21-10-5-16-39(45)40-17-6-11-22-46(40)53/h3-23,25-32,48H,24H2,1-2H3. The molecule has 1 aliphatic heterocycles. The Bertz CT molecular complexity index is 2820. The number of aromatic nitrogens is 1. The highest BCUT2D eigenvalue weighted by Crippen LogP contribution is 2.55. The van der Waals surface area contributed by atoms with Crippen LogP contribution in [0.2, 0.25) is 0 Å². The number of benzene rings is 7. The molecule has 2 nitrogen and oxygen atoms in total. The minimum Gasteiger partial charge on any atom is -0.310 e. The third kappa shape index (κ3) is 4.61. The molecule has 3 heteroatoms. The Labute approximate surface area is 320 Å². The van der Waals surface area contributed by atoms with Crippen molar-refractivity contribution >= 4 is 56.2 Å². The Hall–Kier alpha value is -6.03. The second-order valence-electron chi connectivity index (χ2n) is 15.2. The maximum Gasteiger partial charge on any atom is 0.0548 e. The van der Waals surface area contributed by atoms with Crippen molar-refractivity contribution in [1.29, 1.82) is 0 Å². The van der Waals surface area contributed by atoms with E-state index in [9.17, 15) is 0 Å². The van der Waals surface area contributed by atoms with Gasteiger partial charge in [-0.15, -0.1) is 11.8 Å². The minimum absolute atomic E-state index is 0.0930. The van der Waals surface area contributed by atoms with E-state index in [0.717, 1.165) is 12.1 Å². The lowest BCUT2D eigenvalue weighted by molar-refractivity contribution is 0.660. The van der Waals surface area contributed by atoms with Crippen LogP contribution in [-0.2, 0) is 5.41 Å². The molecule has 54 heavy (non-hydrogen) atoms. The number of hydrogen-bond donors (Lipinski definition) is 0. The topological polar surface area (TPSA) is 8.17 Å². The maximum absolute atomic E-state index is 2.50. The van der Waals surface area contributed by atoms with Crippen molar-refractivity contribution in [2.45, 2.75) is 35.8 Å². The molecule has 8 aromatic rings. The number of anilines is 3. The van der Waals surface area contributed by atoms with Gasteiger partial charge in [0, 0.05) is 48.8 Å². The summed E-state index contributed by atoms with van der Waals surface area (Å²) in [5, 5.41) is 3.00. The number of para-hydroxylation sites is 3. The summed E-state index contributed by atoms with van der Waals surface area (Å²) in [6.45, 7) is 4.74. The van der Waals surface area contributed by atoms with E-state index in [1.807, 2.05) is 11.8 Å². The first-order chi connectivity index (χ1) is 26.6. The van der Waals surface area contributed by atoms with Crippen LogP contribution >= 0.6 is 11.8 Å². The van der Waals surface area contributed by atoms with Crippen molar-refractivity contribution in [2.75, 3.05) is 4.90 Å². The molecule has 0 spiro atoms. The van der Waals surface area contributed by atoms with E-state index < -0.39 is 0 Å². The molecule has 0 fully saturated rings. The fourth-order valence-electron chi connectivity index (χ4n) is 9.36. The smallest absolute Gasteiger partial charge is 0.0548 e. The number of hydrogen-bond acceptors (Lipinski definition) is 2. The number of thioether (sulfide) groups is 1. The van der Waals surface area contributed by atoms with Crippen LogP contribution in [0.1, 0.15) is 37.0 Å². The summed E-state index contributed by atoms with van der Waals surface area (Å²) in [6, 6.07) is 58.5. The van der Waals surface area contributed by atoms with Gasteiger partial charge in [-0.2, -0.15) is 0 Å². The molecule has 2 heterocycles. The van der Waals surface area contributed by atoms with Gasteiger partial charge in [0.05, 0.1) is 22.4 Å². The third-order valence-corrected chi connectivity index (χ3v) is 13.2.